The zero-order chi connectivity index (χ0) is 21.9. The molecule has 158 valence electrons. The number of para-hydroxylation sites is 1. The molecule has 3 aromatic rings. The Bertz CT molecular complexity index is 1230. The summed E-state index contributed by atoms with van der Waals surface area (Å²) in [6.45, 7) is 1.70. The van der Waals surface area contributed by atoms with Crippen molar-refractivity contribution >= 4 is 15.8 Å². The van der Waals surface area contributed by atoms with E-state index < -0.39 is 33.4 Å². The highest BCUT2D eigenvalue weighted by molar-refractivity contribution is 7.92. The minimum atomic E-state index is -3.70. The van der Waals surface area contributed by atoms with Gasteiger partial charge in [0.1, 0.15) is 5.82 Å². The van der Waals surface area contributed by atoms with E-state index >= 15 is 0 Å². The average molecular weight is 436 g/mol. The Morgan fingerprint density at radius 2 is 1.83 bits per heavy atom. The summed E-state index contributed by atoms with van der Waals surface area (Å²) in [6.07, 6.45) is 1.85. The summed E-state index contributed by atoms with van der Waals surface area (Å²) in [7, 11) is -2.17. The zero-order valence-electron chi connectivity index (χ0n) is 16.1. The van der Waals surface area contributed by atoms with Crippen LogP contribution in [0.3, 0.4) is 0 Å². The number of anilines is 1. The van der Waals surface area contributed by atoms with Gasteiger partial charge < -0.3 is 9.30 Å². The quantitative estimate of drug-likeness (QED) is 0.611. The first-order valence-corrected chi connectivity index (χ1v) is 10.5. The largest absolute Gasteiger partial charge is 0.418 e. The number of aryl methyl sites for hydroxylation is 1. The maximum Gasteiger partial charge on any atom is 0.324 e. The second kappa shape index (κ2) is 8.57. The van der Waals surface area contributed by atoms with E-state index in [4.69, 9.17) is 4.74 Å². The molecule has 0 fully saturated rings. The number of benzene rings is 1. The number of sulfonamides is 1. The lowest BCUT2D eigenvalue weighted by atomic mass is 10.2. The molecule has 0 saturated heterocycles. The van der Waals surface area contributed by atoms with E-state index in [2.05, 4.69) is 14.7 Å². The number of aromatic nitrogens is 3. The molecule has 0 spiro atoms. The molecule has 3 rings (SSSR count). The number of nitrogens with one attached hydrogen (secondary N) is 1. The summed E-state index contributed by atoms with van der Waals surface area (Å²) in [5, 5.41) is 0. The first-order valence-electron chi connectivity index (χ1n) is 8.87. The number of hydrogen-bond donors (Lipinski definition) is 1. The number of nitrogens with zero attached hydrogens (tertiary/aromatic N) is 3. The lowest BCUT2D eigenvalue weighted by Crippen LogP contribution is -2.17. The van der Waals surface area contributed by atoms with Gasteiger partial charge in [-0.05, 0) is 24.6 Å². The Labute approximate surface area is 171 Å². The van der Waals surface area contributed by atoms with Gasteiger partial charge in [0, 0.05) is 30.9 Å². The van der Waals surface area contributed by atoms with Gasteiger partial charge in [-0.3, -0.25) is 9.52 Å². The highest BCUT2D eigenvalue weighted by atomic mass is 32.2. The molecule has 30 heavy (non-hydrogen) atoms. The van der Waals surface area contributed by atoms with Crippen LogP contribution in [0.5, 0.6) is 11.8 Å². The monoisotopic (exact) mass is 436 g/mol. The number of pyridine rings is 1. The van der Waals surface area contributed by atoms with Crippen LogP contribution in [0.15, 0.2) is 47.4 Å². The zero-order valence-corrected chi connectivity index (χ0v) is 16.9. The Kier molecular flexibility index (Phi) is 6.11. The van der Waals surface area contributed by atoms with Gasteiger partial charge in [-0.1, -0.05) is 13.0 Å². The van der Waals surface area contributed by atoms with Crippen LogP contribution in [-0.2, 0) is 17.1 Å². The molecule has 8 nitrogen and oxygen atoms in total. The summed E-state index contributed by atoms with van der Waals surface area (Å²) in [5.74, 6) is -2.96. The van der Waals surface area contributed by atoms with E-state index in [1.54, 1.807) is 6.92 Å². The number of ether oxygens (including phenoxy) is 1. The summed E-state index contributed by atoms with van der Waals surface area (Å²) in [5.41, 5.74) is 0.359. The molecular weight excluding hydrogens is 418 g/mol. The summed E-state index contributed by atoms with van der Waals surface area (Å²) in [6, 6.07) is 6.80. The summed E-state index contributed by atoms with van der Waals surface area (Å²) < 4.78 is 61.0. The minimum Gasteiger partial charge on any atom is -0.418 e. The van der Waals surface area contributed by atoms with Gasteiger partial charge in [0.2, 0.25) is 21.3 Å². The Morgan fingerprint density at radius 1 is 1.13 bits per heavy atom. The van der Waals surface area contributed by atoms with Crippen molar-refractivity contribution in [1.29, 1.82) is 0 Å². The third-order valence-electron chi connectivity index (χ3n) is 3.93. The Hall–Kier alpha value is -3.34. The van der Waals surface area contributed by atoms with Crippen molar-refractivity contribution in [2.75, 3.05) is 10.5 Å². The molecule has 0 atom stereocenters. The molecule has 0 aliphatic rings. The third-order valence-corrected chi connectivity index (χ3v) is 5.40. The number of hydrogen-bond acceptors (Lipinski definition) is 6. The Morgan fingerprint density at radius 3 is 2.47 bits per heavy atom. The summed E-state index contributed by atoms with van der Waals surface area (Å²) >= 11 is 0. The van der Waals surface area contributed by atoms with E-state index in [1.807, 2.05) is 0 Å². The van der Waals surface area contributed by atoms with E-state index in [0.717, 1.165) is 12.1 Å². The van der Waals surface area contributed by atoms with Gasteiger partial charge in [-0.2, -0.15) is 9.97 Å². The van der Waals surface area contributed by atoms with Gasteiger partial charge in [-0.25, -0.2) is 17.2 Å². The smallest absolute Gasteiger partial charge is 0.324 e. The van der Waals surface area contributed by atoms with Gasteiger partial charge in [0.25, 0.3) is 0 Å². The number of halogens is 2. The maximum atomic E-state index is 14.0. The molecule has 0 unspecified atom stereocenters. The predicted molar refractivity (Wildman–Crippen MR) is 107 cm³/mol. The molecule has 0 radical (unpaired) electrons. The molecule has 0 saturated carbocycles. The van der Waals surface area contributed by atoms with Crippen molar-refractivity contribution in [3.8, 4) is 23.0 Å². The van der Waals surface area contributed by atoms with Crippen molar-refractivity contribution in [2.24, 2.45) is 7.05 Å². The average Bonchev–Trinajstić information content (AvgIpc) is 2.66. The maximum absolute atomic E-state index is 14.0. The SMILES string of the molecule is CCCS(=O)(=O)Nc1cc(-c2ccc(=O)n(C)c2)nc(Oc2c(F)cccc2F)n1. The van der Waals surface area contributed by atoms with Gasteiger partial charge >= 0.3 is 6.01 Å². The first-order chi connectivity index (χ1) is 14.2. The molecule has 0 bridgehead atoms. The molecule has 1 aromatic carbocycles. The lowest BCUT2D eigenvalue weighted by molar-refractivity contribution is 0.383. The van der Waals surface area contributed by atoms with Crippen LogP contribution in [0.1, 0.15) is 13.3 Å². The molecule has 11 heteroatoms. The molecular formula is C19H18F2N4O4S. The third kappa shape index (κ3) is 4.98. The van der Waals surface area contributed by atoms with Crippen LogP contribution < -0.4 is 15.0 Å². The van der Waals surface area contributed by atoms with E-state index in [-0.39, 0.29) is 22.8 Å². The fourth-order valence-electron chi connectivity index (χ4n) is 2.57. The topological polar surface area (TPSA) is 103 Å². The predicted octanol–water partition coefficient (Wildman–Crippen LogP) is 3.06. The fourth-order valence-corrected chi connectivity index (χ4v) is 3.63. The summed E-state index contributed by atoms with van der Waals surface area (Å²) in [4.78, 5) is 19.7. The van der Waals surface area contributed by atoms with Crippen molar-refractivity contribution in [3.63, 3.8) is 0 Å². The van der Waals surface area contributed by atoms with Crippen LogP contribution in [0.2, 0.25) is 0 Å². The highest BCUT2D eigenvalue weighted by Crippen LogP contribution is 2.28. The van der Waals surface area contributed by atoms with E-state index in [1.165, 1.54) is 42.1 Å². The van der Waals surface area contributed by atoms with E-state index in [9.17, 15) is 22.0 Å². The fraction of sp³-hybridized carbons (Fsp3) is 0.211. The normalized spacial score (nSPS) is 11.3. The lowest BCUT2D eigenvalue weighted by Gasteiger charge is -2.12. The minimum absolute atomic E-state index is 0.144. The number of rotatable bonds is 7. The molecule has 0 amide bonds. The van der Waals surface area contributed by atoms with Crippen molar-refractivity contribution in [3.05, 3.63) is 64.6 Å². The molecule has 2 aromatic heterocycles. The van der Waals surface area contributed by atoms with Crippen LogP contribution in [0, 0.1) is 11.6 Å². The van der Waals surface area contributed by atoms with Crippen molar-refractivity contribution < 1.29 is 21.9 Å². The second-order valence-corrected chi connectivity index (χ2v) is 8.20. The standard InChI is InChI=1S/C19H18F2N4O4S/c1-3-9-30(27,28)24-16-10-15(12-7-8-17(26)25(2)11-12)22-19(23-16)29-18-13(20)5-4-6-14(18)21/h4-8,10-11H,3,9H2,1-2H3,(H,22,23,24). The van der Waals surface area contributed by atoms with Crippen molar-refractivity contribution in [1.82, 2.24) is 14.5 Å². The second-order valence-electron chi connectivity index (χ2n) is 6.36. The van der Waals surface area contributed by atoms with Gasteiger partial charge in [0.05, 0.1) is 11.4 Å². The van der Waals surface area contributed by atoms with Crippen LogP contribution >= 0.6 is 0 Å². The van der Waals surface area contributed by atoms with Crippen molar-refractivity contribution in [2.45, 2.75) is 13.3 Å². The van der Waals surface area contributed by atoms with Crippen LogP contribution in [-0.4, -0.2) is 28.7 Å². The van der Waals surface area contributed by atoms with Crippen LogP contribution in [0.25, 0.3) is 11.3 Å². The molecule has 2 heterocycles. The van der Waals surface area contributed by atoms with E-state index in [0.29, 0.717) is 12.0 Å². The molecule has 1 N–H and O–H groups in total. The van der Waals surface area contributed by atoms with Crippen LogP contribution in [0.4, 0.5) is 14.6 Å². The van der Waals surface area contributed by atoms with Gasteiger partial charge in [0.15, 0.2) is 11.6 Å². The highest BCUT2D eigenvalue weighted by Gasteiger charge is 2.17. The molecule has 0 aliphatic carbocycles. The van der Waals surface area contributed by atoms with Gasteiger partial charge in [-0.15, -0.1) is 0 Å². The molecule has 0 aliphatic heterocycles. The Balaban J connectivity index is 2.10. The first kappa shape index (κ1) is 21.4.